The molecule has 1 aromatic heterocycles. The molecule has 4 heteroatoms. The Labute approximate surface area is 176 Å². The van der Waals surface area contributed by atoms with E-state index >= 15 is 0 Å². The van der Waals surface area contributed by atoms with Crippen LogP contribution < -0.4 is 0 Å². The number of nitrogens with zero attached hydrogens (tertiary/aromatic N) is 1. The standard InChI is InChI=1S/C26H27NO3/c1-26-9-7-17-12-19-21(28)3-2-4-23(19)30-25(17)20(26)13-22(29)24(26)16-6-5-15-8-10-27-14-18(15)11-16/h5-6,8,10-12,14,20,22,24-25,29H,2-4,7,9,13H2,1H3/t20-,22+,24-,25+,26-/m0/s1. The number of benzene rings is 1. The van der Waals surface area contributed by atoms with Gasteiger partial charge in [-0.25, -0.2) is 0 Å². The first kappa shape index (κ1) is 18.3. The smallest absolute Gasteiger partial charge is 0.166 e. The number of ether oxygens (including phenoxy) is 1. The number of pyridine rings is 1. The minimum Gasteiger partial charge on any atom is -0.489 e. The number of allylic oxidation sites excluding steroid dienone is 3. The molecule has 3 aliphatic carbocycles. The maximum absolute atomic E-state index is 12.4. The summed E-state index contributed by atoms with van der Waals surface area (Å²) in [5.41, 5.74) is 3.23. The molecule has 2 fully saturated rings. The fourth-order valence-electron chi connectivity index (χ4n) is 6.63. The zero-order valence-electron chi connectivity index (χ0n) is 17.3. The first-order valence-corrected chi connectivity index (χ1v) is 11.2. The molecule has 4 nitrogen and oxygen atoms in total. The Kier molecular flexibility index (Phi) is 3.98. The number of Topliss-reactive ketones (excluding diaryl/α,β-unsaturated/α-hetero) is 1. The molecule has 1 N–H and O–H groups in total. The van der Waals surface area contributed by atoms with Crippen LogP contribution in [0.3, 0.4) is 0 Å². The van der Waals surface area contributed by atoms with Gasteiger partial charge < -0.3 is 9.84 Å². The number of fused-ring (bicyclic) bond motifs is 4. The lowest BCUT2D eigenvalue weighted by atomic mass is 9.61. The van der Waals surface area contributed by atoms with Crippen LogP contribution >= 0.6 is 0 Å². The third-order valence-electron chi connectivity index (χ3n) is 8.15. The molecular weight excluding hydrogens is 374 g/mol. The van der Waals surface area contributed by atoms with Crippen molar-refractivity contribution >= 4 is 16.6 Å². The van der Waals surface area contributed by atoms with Crippen LogP contribution in [0.4, 0.5) is 0 Å². The average Bonchev–Trinajstić information content (AvgIpc) is 3.03. The van der Waals surface area contributed by atoms with Crippen LogP contribution in [0.25, 0.3) is 10.8 Å². The van der Waals surface area contributed by atoms with Gasteiger partial charge in [0.1, 0.15) is 11.9 Å². The van der Waals surface area contributed by atoms with Crippen molar-refractivity contribution in [1.82, 2.24) is 4.98 Å². The lowest BCUT2D eigenvalue weighted by Crippen LogP contribution is -2.43. The van der Waals surface area contributed by atoms with E-state index in [1.807, 2.05) is 18.5 Å². The molecule has 0 bridgehead atoms. The molecule has 5 atom stereocenters. The molecule has 4 aliphatic rings. The number of carbonyl (C=O) groups is 1. The summed E-state index contributed by atoms with van der Waals surface area (Å²) in [7, 11) is 0. The predicted molar refractivity (Wildman–Crippen MR) is 115 cm³/mol. The van der Waals surface area contributed by atoms with E-state index in [0.717, 1.165) is 48.8 Å². The van der Waals surface area contributed by atoms with E-state index < -0.39 is 0 Å². The number of hydrogen-bond acceptors (Lipinski definition) is 4. The lowest BCUT2D eigenvalue weighted by Gasteiger charge is -2.47. The van der Waals surface area contributed by atoms with Crippen LogP contribution in [-0.4, -0.2) is 28.1 Å². The molecule has 6 rings (SSSR count). The van der Waals surface area contributed by atoms with Crippen LogP contribution in [0.5, 0.6) is 0 Å². The van der Waals surface area contributed by atoms with Gasteiger partial charge in [-0.1, -0.05) is 19.1 Å². The van der Waals surface area contributed by atoms with E-state index in [9.17, 15) is 9.90 Å². The summed E-state index contributed by atoms with van der Waals surface area (Å²) in [5, 5.41) is 13.5. The molecule has 0 spiro atoms. The zero-order valence-corrected chi connectivity index (χ0v) is 17.3. The number of hydrogen-bond donors (Lipinski definition) is 1. The molecule has 0 saturated heterocycles. The lowest BCUT2D eigenvalue weighted by molar-refractivity contribution is -0.116. The molecule has 0 radical (unpaired) electrons. The summed E-state index contributed by atoms with van der Waals surface area (Å²) in [4.78, 5) is 16.6. The van der Waals surface area contributed by atoms with Gasteiger partial charge in [0.05, 0.1) is 11.7 Å². The minimum absolute atomic E-state index is 0.00447. The molecule has 0 unspecified atom stereocenters. The van der Waals surface area contributed by atoms with Gasteiger partial charge in [-0.2, -0.15) is 0 Å². The highest BCUT2D eigenvalue weighted by Crippen LogP contribution is 2.62. The number of aliphatic hydroxyl groups excluding tert-OH is 1. The maximum atomic E-state index is 12.4. The van der Waals surface area contributed by atoms with Crippen molar-refractivity contribution in [2.45, 2.75) is 63.6 Å². The van der Waals surface area contributed by atoms with Crippen LogP contribution in [0, 0.1) is 11.3 Å². The normalized spacial score (nSPS) is 35.4. The monoisotopic (exact) mass is 401 g/mol. The SMILES string of the molecule is C[C@]12CCC3=CC4=C(CCCC4=O)O[C@H]3[C@@H]1C[C@@H](O)[C@@H]2c1ccc2ccncc2c1. The second-order valence-corrected chi connectivity index (χ2v) is 9.75. The highest BCUT2D eigenvalue weighted by molar-refractivity contribution is 5.99. The van der Waals surface area contributed by atoms with Gasteiger partial charge in [0.25, 0.3) is 0 Å². The van der Waals surface area contributed by atoms with Gasteiger partial charge in [0.15, 0.2) is 5.78 Å². The number of carbonyl (C=O) groups excluding carboxylic acids is 1. The predicted octanol–water partition coefficient (Wildman–Crippen LogP) is 4.83. The van der Waals surface area contributed by atoms with Gasteiger partial charge in [0, 0.05) is 42.5 Å². The zero-order chi connectivity index (χ0) is 20.5. The Morgan fingerprint density at radius 1 is 1.17 bits per heavy atom. The third-order valence-corrected chi connectivity index (χ3v) is 8.15. The number of rotatable bonds is 1. The van der Waals surface area contributed by atoms with Crippen LogP contribution in [0.1, 0.15) is 56.9 Å². The van der Waals surface area contributed by atoms with Gasteiger partial charge in [-0.15, -0.1) is 0 Å². The van der Waals surface area contributed by atoms with E-state index in [1.165, 1.54) is 16.5 Å². The fraction of sp³-hybridized carbons (Fsp3) is 0.462. The Bertz CT molecular complexity index is 1120. The molecule has 154 valence electrons. The van der Waals surface area contributed by atoms with Crippen molar-refractivity contribution in [2.75, 3.05) is 0 Å². The summed E-state index contributed by atoms with van der Waals surface area (Å²) < 4.78 is 6.52. The quantitative estimate of drug-likeness (QED) is 0.743. The Balaban J connectivity index is 1.37. The summed E-state index contributed by atoms with van der Waals surface area (Å²) >= 11 is 0. The second-order valence-electron chi connectivity index (χ2n) is 9.75. The van der Waals surface area contributed by atoms with Gasteiger partial charge in [-0.05, 0) is 65.8 Å². The molecule has 0 amide bonds. The molecule has 1 aliphatic heterocycles. The van der Waals surface area contributed by atoms with Gasteiger partial charge in [-0.3, -0.25) is 9.78 Å². The van der Waals surface area contributed by atoms with E-state index in [-0.39, 0.29) is 35.2 Å². The van der Waals surface area contributed by atoms with Crippen molar-refractivity contribution in [3.63, 3.8) is 0 Å². The molecule has 2 heterocycles. The Morgan fingerprint density at radius 2 is 2.07 bits per heavy atom. The molecule has 2 aromatic rings. The van der Waals surface area contributed by atoms with Gasteiger partial charge >= 0.3 is 0 Å². The first-order valence-electron chi connectivity index (χ1n) is 11.2. The highest BCUT2D eigenvalue weighted by Gasteiger charge is 2.58. The second kappa shape index (κ2) is 6.52. The fourth-order valence-corrected chi connectivity index (χ4v) is 6.63. The largest absolute Gasteiger partial charge is 0.489 e. The number of aliphatic hydroxyl groups is 1. The molecular formula is C26H27NO3. The third kappa shape index (κ3) is 2.56. The summed E-state index contributed by atoms with van der Waals surface area (Å²) in [6, 6.07) is 8.56. The minimum atomic E-state index is -0.388. The Hall–Kier alpha value is -2.46. The van der Waals surface area contributed by atoms with Crippen LogP contribution in [0.15, 0.2) is 59.6 Å². The van der Waals surface area contributed by atoms with E-state index in [1.54, 1.807) is 0 Å². The van der Waals surface area contributed by atoms with E-state index in [0.29, 0.717) is 6.42 Å². The number of ketones is 1. The van der Waals surface area contributed by atoms with E-state index in [4.69, 9.17) is 4.74 Å². The Morgan fingerprint density at radius 3 is 2.97 bits per heavy atom. The van der Waals surface area contributed by atoms with Crippen molar-refractivity contribution in [1.29, 1.82) is 0 Å². The molecule has 2 saturated carbocycles. The molecule has 1 aromatic carbocycles. The highest BCUT2D eigenvalue weighted by atomic mass is 16.5. The summed E-state index contributed by atoms with van der Waals surface area (Å²) in [6.45, 7) is 2.34. The summed E-state index contributed by atoms with van der Waals surface area (Å²) in [5.74, 6) is 1.46. The van der Waals surface area contributed by atoms with Crippen LogP contribution in [0.2, 0.25) is 0 Å². The van der Waals surface area contributed by atoms with Crippen molar-refractivity contribution in [2.24, 2.45) is 11.3 Å². The van der Waals surface area contributed by atoms with Crippen molar-refractivity contribution in [3.05, 3.63) is 65.2 Å². The van der Waals surface area contributed by atoms with Gasteiger partial charge in [0.2, 0.25) is 0 Å². The van der Waals surface area contributed by atoms with E-state index in [2.05, 4.69) is 36.2 Å². The van der Waals surface area contributed by atoms with Crippen molar-refractivity contribution in [3.8, 4) is 0 Å². The average molecular weight is 402 g/mol. The molecule has 30 heavy (non-hydrogen) atoms. The maximum Gasteiger partial charge on any atom is 0.166 e. The van der Waals surface area contributed by atoms with Crippen LogP contribution in [-0.2, 0) is 9.53 Å². The van der Waals surface area contributed by atoms with Crippen molar-refractivity contribution < 1.29 is 14.6 Å². The summed E-state index contributed by atoms with van der Waals surface area (Å²) in [6.07, 6.45) is 10.5. The number of aromatic nitrogens is 1. The first-order chi connectivity index (χ1) is 14.5. The topological polar surface area (TPSA) is 59.4 Å².